The molecule has 1 amide bonds. The predicted molar refractivity (Wildman–Crippen MR) is 108 cm³/mol. The predicted octanol–water partition coefficient (Wildman–Crippen LogP) is 4.03. The second-order valence-electron chi connectivity index (χ2n) is 6.52. The zero-order valence-electron chi connectivity index (χ0n) is 15.2. The number of para-hydroxylation sites is 1. The minimum atomic E-state index is -0.936. The van der Waals surface area contributed by atoms with Gasteiger partial charge in [-0.05, 0) is 31.2 Å². The second kappa shape index (κ2) is 7.52. The molecule has 2 aromatic carbocycles. The van der Waals surface area contributed by atoms with Gasteiger partial charge in [-0.2, -0.15) is 0 Å². The summed E-state index contributed by atoms with van der Waals surface area (Å²) in [6.45, 7) is 1.56. The van der Waals surface area contributed by atoms with Gasteiger partial charge in [0.05, 0.1) is 11.3 Å². The molecule has 0 aliphatic carbocycles. The van der Waals surface area contributed by atoms with Crippen LogP contribution >= 0.6 is 11.8 Å². The molecule has 4 rings (SSSR count). The first-order chi connectivity index (χ1) is 13.5. The molecule has 1 atom stereocenters. The van der Waals surface area contributed by atoms with Crippen LogP contribution in [0.15, 0.2) is 53.6 Å². The van der Waals surface area contributed by atoms with E-state index < -0.39 is 12.1 Å². The number of amides is 1. The van der Waals surface area contributed by atoms with Crippen LogP contribution in [0.2, 0.25) is 0 Å². The summed E-state index contributed by atoms with van der Waals surface area (Å²) in [5.74, 6) is -0.269. The van der Waals surface area contributed by atoms with Crippen molar-refractivity contribution in [3.8, 4) is 0 Å². The number of thioether (sulfide) groups is 1. The Morgan fingerprint density at radius 2 is 2.00 bits per heavy atom. The van der Waals surface area contributed by atoms with E-state index in [1.165, 1.54) is 0 Å². The number of carbonyl (C=O) groups is 3. The van der Waals surface area contributed by atoms with Crippen LogP contribution in [0.3, 0.4) is 0 Å². The quantitative estimate of drug-likeness (QED) is 0.515. The van der Waals surface area contributed by atoms with E-state index in [-0.39, 0.29) is 11.7 Å². The number of hydrogen-bond donors (Lipinski definition) is 2. The minimum absolute atomic E-state index is 0.0837. The third kappa shape index (κ3) is 3.53. The van der Waals surface area contributed by atoms with Crippen molar-refractivity contribution in [2.24, 2.45) is 0 Å². The molecule has 0 saturated carbocycles. The van der Waals surface area contributed by atoms with E-state index in [1.54, 1.807) is 43.1 Å². The number of rotatable bonds is 4. The van der Waals surface area contributed by atoms with E-state index in [1.807, 2.05) is 24.3 Å². The van der Waals surface area contributed by atoms with E-state index in [9.17, 15) is 14.4 Å². The number of aromatic amines is 1. The largest absolute Gasteiger partial charge is 0.451 e. The highest BCUT2D eigenvalue weighted by Gasteiger charge is 2.24. The number of fused-ring (bicyclic) bond motifs is 2. The summed E-state index contributed by atoms with van der Waals surface area (Å²) >= 11 is 1.56. The van der Waals surface area contributed by atoms with Gasteiger partial charge < -0.3 is 15.0 Å². The number of ether oxygens (including phenoxy) is 1. The highest BCUT2D eigenvalue weighted by molar-refractivity contribution is 7.99. The molecule has 0 radical (unpaired) electrons. The van der Waals surface area contributed by atoms with Crippen LogP contribution in [0.5, 0.6) is 0 Å². The fourth-order valence-electron chi connectivity index (χ4n) is 3.12. The summed E-state index contributed by atoms with van der Waals surface area (Å²) in [4.78, 5) is 41.0. The van der Waals surface area contributed by atoms with Gasteiger partial charge in [-0.1, -0.05) is 18.2 Å². The van der Waals surface area contributed by atoms with Crippen LogP contribution in [0.4, 0.5) is 5.69 Å². The molecule has 142 valence electrons. The van der Waals surface area contributed by atoms with Crippen LogP contribution < -0.4 is 5.32 Å². The first-order valence-electron chi connectivity index (χ1n) is 8.91. The molecule has 0 saturated heterocycles. The summed E-state index contributed by atoms with van der Waals surface area (Å²) in [6, 6.07) is 12.5. The van der Waals surface area contributed by atoms with Crippen molar-refractivity contribution in [1.82, 2.24) is 4.98 Å². The van der Waals surface area contributed by atoms with Crippen LogP contribution in [0.25, 0.3) is 10.9 Å². The maximum atomic E-state index is 12.8. The van der Waals surface area contributed by atoms with Gasteiger partial charge >= 0.3 is 5.97 Å². The standard InChI is InChI=1S/C21H18N2O4S/c1-12(20(25)15-11-22-16-5-3-2-4-14(15)16)27-21(26)13-6-7-18-17(10-13)23-19(24)8-9-28-18/h2-7,10-12,22H,8-9H2,1H3,(H,23,24)/t12-/m1/s1. The Bertz CT molecular complexity index is 1090. The van der Waals surface area contributed by atoms with E-state index >= 15 is 0 Å². The maximum Gasteiger partial charge on any atom is 0.338 e. The Labute approximate surface area is 165 Å². The summed E-state index contributed by atoms with van der Waals surface area (Å²) in [5, 5.41) is 3.59. The first-order valence-corrected chi connectivity index (χ1v) is 9.89. The third-order valence-electron chi connectivity index (χ3n) is 4.58. The molecule has 1 aromatic heterocycles. The van der Waals surface area contributed by atoms with Crippen LogP contribution in [0, 0.1) is 0 Å². The first kappa shape index (κ1) is 18.3. The summed E-state index contributed by atoms with van der Waals surface area (Å²) in [7, 11) is 0. The molecule has 1 aliphatic heterocycles. The normalized spacial score (nSPS) is 14.7. The maximum absolute atomic E-state index is 12.8. The smallest absolute Gasteiger partial charge is 0.338 e. The van der Waals surface area contributed by atoms with Crippen molar-refractivity contribution in [3.05, 3.63) is 59.8 Å². The number of Topliss-reactive ketones (excluding diaryl/α,β-unsaturated/α-hetero) is 1. The van der Waals surface area contributed by atoms with Gasteiger partial charge in [-0.25, -0.2) is 4.79 Å². The third-order valence-corrected chi connectivity index (χ3v) is 5.66. The lowest BCUT2D eigenvalue weighted by molar-refractivity contribution is -0.115. The number of carbonyl (C=O) groups excluding carboxylic acids is 3. The Hall–Kier alpha value is -3.06. The van der Waals surface area contributed by atoms with Crippen LogP contribution in [0.1, 0.15) is 34.1 Å². The molecule has 3 aromatic rings. The molecule has 7 heteroatoms. The molecule has 2 N–H and O–H groups in total. The van der Waals surface area contributed by atoms with E-state index in [0.717, 1.165) is 15.8 Å². The van der Waals surface area contributed by atoms with Gasteiger partial charge in [-0.3, -0.25) is 9.59 Å². The zero-order valence-corrected chi connectivity index (χ0v) is 16.0. The average molecular weight is 394 g/mol. The van der Waals surface area contributed by atoms with Gasteiger partial charge in [0.25, 0.3) is 0 Å². The number of H-pyrrole nitrogens is 1. The number of anilines is 1. The van der Waals surface area contributed by atoms with Crippen molar-refractivity contribution < 1.29 is 19.1 Å². The monoisotopic (exact) mass is 394 g/mol. The van der Waals surface area contributed by atoms with Gasteiger partial charge in [0.15, 0.2) is 6.10 Å². The lowest BCUT2D eigenvalue weighted by atomic mass is 10.1. The minimum Gasteiger partial charge on any atom is -0.451 e. The highest BCUT2D eigenvalue weighted by atomic mass is 32.2. The molecule has 1 aliphatic rings. The number of hydrogen-bond acceptors (Lipinski definition) is 5. The molecule has 6 nitrogen and oxygen atoms in total. The van der Waals surface area contributed by atoms with E-state index in [4.69, 9.17) is 4.74 Å². The number of aromatic nitrogens is 1. The SMILES string of the molecule is C[C@@H](OC(=O)c1ccc2c(c1)NC(=O)CCS2)C(=O)c1c[nH]c2ccccc12. The molecular weight excluding hydrogens is 376 g/mol. The van der Waals surface area contributed by atoms with E-state index in [2.05, 4.69) is 10.3 Å². The molecule has 0 fully saturated rings. The number of nitrogens with one attached hydrogen (secondary N) is 2. The fourth-order valence-corrected chi connectivity index (χ4v) is 4.06. The van der Waals surface area contributed by atoms with Gasteiger partial charge in [-0.15, -0.1) is 11.8 Å². The molecule has 2 heterocycles. The molecule has 28 heavy (non-hydrogen) atoms. The van der Waals surface area contributed by atoms with Gasteiger partial charge in [0.1, 0.15) is 0 Å². The van der Waals surface area contributed by atoms with Crippen LogP contribution in [-0.2, 0) is 9.53 Å². The Balaban J connectivity index is 1.52. The highest BCUT2D eigenvalue weighted by Crippen LogP contribution is 2.31. The lowest BCUT2D eigenvalue weighted by Gasteiger charge is -2.13. The van der Waals surface area contributed by atoms with Crippen molar-refractivity contribution in [2.45, 2.75) is 24.3 Å². The molecule has 0 spiro atoms. The van der Waals surface area contributed by atoms with Gasteiger partial charge in [0.2, 0.25) is 11.7 Å². The number of esters is 1. The van der Waals surface area contributed by atoms with E-state index in [0.29, 0.717) is 29.0 Å². The molecule has 0 unspecified atom stereocenters. The summed E-state index contributed by atoms with van der Waals surface area (Å²) in [5.41, 5.74) is 2.22. The average Bonchev–Trinajstić information content (AvgIpc) is 3.03. The lowest BCUT2D eigenvalue weighted by Crippen LogP contribution is -2.24. The number of benzene rings is 2. The summed E-state index contributed by atoms with van der Waals surface area (Å²) < 4.78 is 5.40. The van der Waals surface area contributed by atoms with Gasteiger partial charge in [0, 0.05) is 39.7 Å². The van der Waals surface area contributed by atoms with Crippen molar-refractivity contribution in [3.63, 3.8) is 0 Å². The van der Waals surface area contributed by atoms with Crippen molar-refractivity contribution in [1.29, 1.82) is 0 Å². The Kier molecular flexibility index (Phi) is 4.92. The zero-order chi connectivity index (χ0) is 19.7. The molecular formula is C21H18N2O4S. The van der Waals surface area contributed by atoms with Crippen molar-refractivity contribution >= 4 is 46.0 Å². The number of ketones is 1. The molecule has 0 bridgehead atoms. The second-order valence-corrected chi connectivity index (χ2v) is 7.65. The van der Waals surface area contributed by atoms with Crippen LogP contribution in [-0.4, -0.2) is 34.5 Å². The Morgan fingerprint density at radius 3 is 2.86 bits per heavy atom. The Morgan fingerprint density at radius 1 is 1.18 bits per heavy atom. The fraction of sp³-hybridized carbons (Fsp3) is 0.190. The topological polar surface area (TPSA) is 88.3 Å². The van der Waals surface area contributed by atoms with Crippen molar-refractivity contribution in [2.75, 3.05) is 11.1 Å². The summed E-state index contributed by atoms with van der Waals surface area (Å²) in [6.07, 6.45) is 1.12.